The number of aliphatic hydroxyl groups excluding tert-OH is 3. The summed E-state index contributed by atoms with van der Waals surface area (Å²) in [6.07, 6.45) is -4.24. The van der Waals surface area contributed by atoms with E-state index in [9.17, 15) is 20.1 Å². The molecule has 3 atom stereocenters. The van der Waals surface area contributed by atoms with Crippen LogP contribution in [0.1, 0.15) is 11.1 Å². The minimum Gasteiger partial charge on any atom is -0.389 e. The highest BCUT2D eigenvalue weighted by Crippen LogP contribution is 2.20. The van der Waals surface area contributed by atoms with E-state index in [1.807, 2.05) is 19.9 Å². The lowest BCUT2D eigenvalue weighted by molar-refractivity contribution is -0.0605. The molecule has 2 aromatic heterocycles. The second-order valence-corrected chi connectivity index (χ2v) is 6.79. The molecule has 28 heavy (non-hydrogen) atoms. The molecule has 3 aromatic rings. The number of aliphatic hydroxyl groups is 3. The van der Waals surface area contributed by atoms with Gasteiger partial charge in [-0.25, -0.2) is 9.67 Å². The van der Waals surface area contributed by atoms with E-state index in [2.05, 4.69) is 20.5 Å². The van der Waals surface area contributed by atoms with Gasteiger partial charge in [-0.15, -0.1) is 5.10 Å². The van der Waals surface area contributed by atoms with Gasteiger partial charge in [-0.05, 0) is 47.5 Å². The van der Waals surface area contributed by atoms with Gasteiger partial charge in [-0.1, -0.05) is 0 Å². The molecule has 0 fully saturated rings. The predicted molar refractivity (Wildman–Crippen MR) is 100 cm³/mol. The van der Waals surface area contributed by atoms with Gasteiger partial charge in [0.2, 0.25) is 5.82 Å². The quantitative estimate of drug-likeness (QED) is 0.382. The van der Waals surface area contributed by atoms with Crippen LogP contribution < -0.4 is 11.3 Å². The number of tetrazole rings is 1. The Bertz CT molecular complexity index is 1060. The number of aryl methyl sites for hydroxylation is 3. The molecule has 0 unspecified atom stereocenters. The SMILES string of the molecule is Cc1cc2nc(-c3nnnn3C)c(=O)n(C[C@H](O)[C@H](O)[C@H](O)CN)c2cc1C. The topological polar surface area (TPSA) is 165 Å². The van der Waals surface area contributed by atoms with Crippen molar-refractivity contribution in [3.05, 3.63) is 33.6 Å². The molecule has 0 aliphatic heterocycles. The fourth-order valence-electron chi connectivity index (χ4n) is 2.94. The van der Waals surface area contributed by atoms with Gasteiger partial charge in [0.15, 0.2) is 5.69 Å². The first-order chi connectivity index (χ1) is 13.2. The molecule has 0 radical (unpaired) electrons. The van der Waals surface area contributed by atoms with Crippen LogP contribution in [0.15, 0.2) is 16.9 Å². The molecule has 0 spiro atoms. The monoisotopic (exact) mass is 389 g/mol. The van der Waals surface area contributed by atoms with E-state index in [1.54, 1.807) is 13.1 Å². The van der Waals surface area contributed by atoms with Gasteiger partial charge in [0.1, 0.15) is 12.2 Å². The normalized spacial score (nSPS) is 15.0. The van der Waals surface area contributed by atoms with E-state index in [-0.39, 0.29) is 24.6 Å². The van der Waals surface area contributed by atoms with Crippen molar-refractivity contribution in [3.8, 4) is 11.5 Å². The lowest BCUT2D eigenvalue weighted by Gasteiger charge is -2.23. The number of fused-ring (bicyclic) bond motifs is 1. The molecule has 0 bridgehead atoms. The molecule has 150 valence electrons. The molecule has 2 heterocycles. The van der Waals surface area contributed by atoms with Crippen LogP contribution in [0.3, 0.4) is 0 Å². The van der Waals surface area contributed by atoms with E-state index in [0.717, 1.165) is 11.1 Å². The van der Waals surface area contributed by atoms with Gasteiger partial charge >= 0.3 is 0 Å². The first kappa shape index (κ1) is 20.0. The summed E-state index contributed by atoms with van der Waals surface area (Å²) in [4.78, 5) is 17.6. The second kappa shape index (κ2) is 7.72. The maximum absolute atomic E-state index is 13.1. The molecule has 0 aliphatic carbocycles. The number of nitrogens with two attached hydrogens (primary N) is 1. The van der Waals surface area contributed by atoms with Gasteiger partial charge in [0.05, 0.1) is 23.7 Å². The van der Waals surface area contributed by atoms with Crippen molar-refractivity contribution in [1.29, 1.82) is 0 Å². The van der Waals surface area contributed by atoms with Gasteiger partial charge in [0.25, 0.3) is 5.56 Å². The molecular weight excluding hydrogens is 366 g/mol. The summed E-state index contributed by atoms with van der Waals surface area (Å²) in [5.74, 6) is 0.177. The van der Waals surface area contributed by atoms with E-state index >= 15 is 0 Å². The zero-order valence-corrected chi connectivity index (χ0v) is 15.8. The van der Waals surface area contributed by atoms with Crippen molar-refractivity contribution < 1.29 is 15.3 Å². The average molecular weight is 389 g/mol. The standard InChI is InChI=1S/C17H23N7O4/c1-8-4-10-11(5-9(8)2)24(7-13(26)15(27)12(25)6-18)17(28)14(19-10)16-20-21-22-23(16)3/h4-5,12-13,15,25-27H,6-7,18H2,1-3H3/t12-,13+,15-/m1/s1. The van der Waals surface area contributed by atoms with Gasteiger partial charge in [0, 0.05) is 13.6 Å². The molecule has 11 heteroatoms. The summed E-state index contributed by atoms with van der Waals surface area (Å²) in [7, 11) is 1.58. The Balaban J connectivity index is 2.21. The highest BCUT2D eigenvalue weighted by atomic mass is 16.4. The van der Waals surface area contributed by atoms with Crippen LogP contribution >= 0.6 is 0 Å². The largest absolute Gasteiger partial charge is 0.389 e. The van der Waals surface area contributed by atoms with Crippen molar-refractivity contribution in [3.63, 3.8) is 0 Å². The van der Waals surface area contributed by atoms with Crippen LogP contribution in [0.25, 0.3) is 22.6 Å². The Labute approximate surface area is 160 Å². The summed E-state index contributed by atoms with van der Waals surface area (Å²) in [5.41, 5.74) is 7.75. The number of hydrogen-bond donors (Lipinski definition) is 4. The first-order valence-electron chi connectivity index (χ1n) is 8.73. The Kier molecular flexibility index (Phi) is 5.52. The molecule has 3 rings (SSSR count). The Hall–Kier alpha value is -2.73. The molecule has 0 amide bonds. The van der Waals surface area contributed by atoms with Crippen molar-refractivity contribution in [1.82, 2.24) is 29.8 Å². The van der Waals surface area contributed by atoms with Crippen molar-refractivity contribution in [2.24, 2.45) is 12.8 Å². The summed E-state index contributed by atoms with van der Waals surface area (Å²) in [6.45, 7) is 3.33. The van der Waals surface area contributed by atoms with E-state index in [1.165, 1.54) is 9.25 Å². The lowest BCUT2D eigenvalue weighted by Crippen LogP contribution is -2.44. The maximum atomic E-state index is 13.1. The third-order valence-electron chi connectivity index (χ3n) is 4.79. The van der Waals surface area contributed by atoms with Gasteiger partial charge < -0.3 is 25.6 Å². The van der Waals surface area contributed by atoms with Crippen LogP contribution in [-0.4, -0.2) is 69.9 Å². The highest BCUT2D eigenvalue weighted by Gasteiger charge is 2.26. The number of nitrogens with zero attached hydrogens (tertiary/aromatic N) is 6. The first-order valence-corrected chi connectivity index (χ1v) is 8.73. The van der Waals surface area contributed by atoms with Crippen LogP contribution in [0.4, 0.5) is 0 Å². The number of hydrogen-bond acceptors (Lipinski definition) is 9. The van der Waals surface area contributed by atoms with Crippen molar-refractivity contribution in [2.45, 2.75) is 38.7 Å². The molecule has 0 saturated heterocycles. The van der Waals surface area contributed by atoms with E-state index < -0.39 is 23.9 Å². The van der Waals surface area contributed by atoms with Crippen molar-refractivity contribution >= 4 is 11.0 Å². The highest BCUT2D eigenvalue weighted by molar-refractivity contribution is 5.78. The average Bonchev–Trinajstić information content (AvgIpc) is 3.09. The molecule has 11 nitrogen and oxygen atoms in total. The number of rotatable bonds is 6. The predicted octanol–water partition coefficient (Wildman–Crippen LogP) is -1.75. The number of benzene rings is 1. The van der Waals surface area contributed by atoms with E-state index in [0.29, 0.717) is 11.0 Å². The molecule has 5 N–H and O–H groups in total. The molecular formula is C17H23N7O4. The Morgan fingerprint density at radius 3 is 2.43 bits per heavy atom. The lowest BCUT2D eigenvalue weighted by atomic mass is 10.1. The summed E-state index contributed by atoms with van der Waals surface area (Å²) >= 11 is 0. The third-order valence-corrected chi connectivity index (χ3v) is 4.79. The summed E-state index contributed by atoms with van der Waals surface area (Å²) in [5, 5.41) is 41.3. The van der Waals surface area contributed by atoms with E-state index in [4.69, 9.17) is 5.73 Å². The van der Waals surface area contributed by atoms with Crippen LogP contribution in [0.2, 0.25) is 0 Å². The van der Waals surface area contributed by atoms with Crippen LogP contribution in [0.5, 0.6) is 0 Å². The van der Waals surface area contributed by atoms with Crippen LogP contribution in [-0.2, 0) is 13.6 Å². The maximum Gasteiger partial charge on any atom is 0.281 e. The Morgan fingerprint density at radius 2 is 1.82 bits per heavy atom. The fourth-order valence-corrected chi connectivity index (χ4v) is 2.94. The summed E-state index contributed by atoms with van der Waals surface area (Å²) in [6, 6.07) is 3.61. The molecule has 0 saturated carbocycles. The zero-order valence-electron chi connectivity index (χ0n) is 15.8. The third kappa shape index (κ3) is 3.52. The molecule has 0 aliphatic rings. The van der Waals surface area contributed by atoms with Crippen molar-refractivity contribution in [2.75, 3.05) is 6.54 Å². The minimum absolute atomic E-state index is 0.0179. The molecule has 1 aromatic carbocycles. The van der Waals surface area contributed by atoms with Crippen LogP contribution in [0, 0.1) is 13.8 Å². The van der Waals surface area contributed by atoms with Gasteiger partial charge in [-0.2, -0.15) is 0 Å². The smallest absolute Gasteiger partial charge is 0.281 e. The fraction of sp³-hybridized carbons (Fsp3) is 0.471. The summed E-state index contributed by atoms with van der Waals surface area (Å²) < 4.78 is 2.63. The van der Waals surface area contributed by atoms with Gasteiger partial charge in [-0.3, -0.25) is 4.79 Å². The second-order valence-electron chi connectivity index (χ2n) is 6.79. The number of aromatic nitrogens is 6. The minimum atomic E-state index is -1.51. The zero-order chi connectivity index (χ0) is 20.6. The Morgan fingerprint density at radius 1 is 1.14 bits per heavy atom.